The van der Waals surface area contributed by atoms with Gasteiger partial charge in [0, 0.05) is 24.0 Å². The van der Waals surface area contributed by atoms with Gasteiger partial charge in [0.1, 0.15) is 5.69 Å². The van der Waals surface area contributed by atoms with Gasteiger partial charge in [-0.25, -0.2) is 13.4 Å². The summed E-state index contributed by atoms with van der Waals surface area (Å²) < 4.78 is 25.7. The van der Waals surface area contributed by atoms with Crippen LogP contribution in [0.2, 0.25) is 0 Å². The van der Waals surface area contributed by atoms with Gasteiger partial charge >= 0.3 is 0 Å². The molecule has 3 N–H and O–H groups in total. The van der Waals surface area contributed by atoms with Crippen molar-refractivity contribution in [2.45, 2.75) is 19.8 Å². The highest BCUT2D eigenvalue weighted by Gasteiger charge is 2.29. The Balaban J connectivity index is 0.00000243. The summed E-state index contributed by atoms with van der Waals surface area (Å²) in [7, 11) is -3.26. The molecule has 1 aliphatic rings. The highest BCUT2D eigenvalue weighted by molar-refractivity contribution is 7.93. The Bertz CT molecular complexity index is 899. The maximum atomic E-state index is 12.3. The molecule has 142 valence electrons. The molecule has 26 heavy (non-hydrogen) atoms. The zero-order valence-corrected chi connectivity index (χ0v) is 16.7. The topological polar surface area (TPSA) is 105 Å². The predicted molar refractivity (Wildman–Crippen MR) is 107 cm³/mol. The summed E-state index contributed by atoms with van der Waals surface area (Å²) in [5.74, 6) is -0.162. The van der Waals surface area contributed by atoms with Gasteiger partial charge in [-0.2, -0.15) is 0 Å². The van der Waals surface area contributed by atoms with Crippen molar-refractivity contribution < 1.29 is 13.2 Å². The van der Waals surface area contributed by atoms with Crippen molar-refractivity contribution in [3.63, 3.8) is 0 Å². The third kappa shape index (κ3) is 4.35. The zero-order chi connectivity index (χ0) is 18.0. The summed E-state index contributed by atoms with van der Waals surface area (Å²) in [5.41, 5.74) is 7.83. The third-order valence-electron chi connectivity index (χ3n) is 3.98. The minimum atomic E-state index is -3.26. The van der Waals surface area contributed by atoms with Crippen LogP contribution in [0, 0.1) is 6.92 Å². The first-order chi connectivity index (χ1) is 11.9. The smallest absolute Gasteiger partial charge is 0.275 e. The lowest BCUT2D eigenvalue weighted by Gasteiger charge is -2.20. The van der Waals surface area contributed by atoms with E-state index < -0.39 is 10.0 Å². The highest BCUT2D eigenvalue weighted by Crippen LogP contribution is 2.30. The van der Waals surface area contributed by atoms with E-state index in [1.807, 2.05) is 6.92 Å². The normalized spacial score (nSPS) is 15.5. The minimum Gasteiger partial charge on any atom is -0.330 e. The third-order valence-corrected chi connectivity index (χ3v) is 6.74. The molecule has 7 nitrogen and oxygen atoms in total. The van der Waals surface area contributed by atoms with Gasteiger partial charge in [0.25, 0.3) is 5.91 Å². The van der Waals surface area contributed by atoms with Crippen LogP contribution in [0.3, 0.4) is 0 Å². The molecule has 0 unspecified atom stereocenters. The average Bonchev–Trinajstić information content (AvgIpc) is 3.16. The SMILES string of the molecule is Cc1ccc(NC(=O)c2csc(CCN)n2)cc1N1CCCS1(=O)=O.Cl. The lowest BCUT2D eigenvalue weighted by Crippen LogP contribution is -2.26. The fourth-order valence-electron chi connectivity index (χ4n) is 2.71. The number of carbonyl (C=O) groups excluding carboxylic acids is 1. The standard InChI is InChI=1S/C16H20N4O3S2.ClH/c1-11-3-4-12(9-14(11)20-7-2-8-25(20,22)23)18-16(21)13-10-24-15(19-13)5-6-17;/h3-4,9-10H,2,5-8,17H2,1H3,(H,18,21);1H. The van der Waals surface area contributed by atoms with Gasteiger partial charge in [0.2, 0.25) is 10.0 Å². The molecule has 10 heteroatoms. The number of aryl methyl sites for hydroxylation is 1. The molecule has 1 amide bonds. The minimum absolute atomic E-state index is 0. The summed E-state index contributed by atoms with van der Waals surface area (Å²) in [4.78, 5) is 16.6. The van der Waals surface area contributed by atoms with Gasteiger partial charge in [-0.05, 0) is 37.6 Å². The predicted octanol–water partition coefficient (Wildman–Crippen LogP) is 2.17. The van der Waals surface area contributed by atoms with Crippen molar-refractivity contribution in [2.75, 3.05) is 28.5 Å². The van der Waals surface area contributed by atoms with E-state index in [9.17, 15) is 13.2 Å². The molecule has 0 bridgehead atoms. The number of thiazole rings is 1. The van der Waals surface area contributed by atoms with Gasteiger partial charge in [-0.15, -0.1) is 23.7 Å². The van der Waals surface area contributed by atoms with Crippen LogP contribution in [-0.2, 0) is 16.4 Å². The first kappa shape index (κ1) is 20.6. The van der Waals surface area contributed by atoms with Crippen molar-refractivity contribution in [1.82, 2.24) is 4.98 Å². The van der Waals surface area contributed by atoms with Crippen molar-refractivity contribution in [1.29, 1.82) is 0 Å². The van der Waals surface area contributed by atoms with E-state index in [1.54, 1.807) is 23.6 Å². The van der Waals surface area contributed by atoms with E-state index in [2.05, 4.69) is 10.3 Å². The second-order valence-corrected chi connectivity index (χ2v) is 8.82. The summed E-state index contributed by atoms with van der Waals surface area (Å²) in [5, 5.41) is 5.30. The first-order valence-electron chi connectivity index (χ1n) is 7.97. The van der Waals surface area contributed by atoms with Crippen molar-refractivity contribution >= 4 is 51.0 Å². The number of rotatable bonds is 5. The van der Waals surface area contributed by atoms with Crippen LogP contribution in [0.25, 0.3) is 0 Å². The van der Waals surface area contributed by atoms with Crippen LogP contribution in [0.1, 0.15) is 27.5 Å². The maximum Gasteiger partial charge on any atom is 0.275 e. The molecule has 0 atom stereocenters. The summed E-state index contributed by atoms with van der Waals surface area (Å²) in [6.45, 7) is 2.81. The number of amides is 1. The molecule has 1 saturated heterocycles. The number of halogens is 1. The van der Waals surface area contributed by atoms with Gasteiger partial charge < -0.3 is 11.1 Å². The number of nitrogens with two attached hydrogens (primary N) is 1. The van der Waals surface area contributed by atoms with Crippen molar-refractivity contribution in [3.05, 3.63) is 39.8 Å². The van der Waals surface area contributed by atoms with Gasteiger partial charge in [-0.3, -0.25) is 9.10 Å². The van der Waals surface area contributed by atoms with Crippen LogP contribution in [-0.4, -0.2) is 38.2 Å². The quantitative estimate of drug-likeness (QED) is 0.776. The van der Waals surface area contributed by atoms with Crippen LogP contribution >= 0.6 is 23.7 Å². The van der Waals surface area contributed by atoms with E-state index in [-0.39, 0.29) is 24.1 Å². The second-order valence-electron chi connectivity index (χ2n) is 5.86. The molecule has 1 fully saturated rings. The molecule has 3 rings (SSSR count). The number of nitrogens with one attached hydrogen (secondary N) is 1. The zero-order valence-electron chi connectivity index (χ0n) is 14.3. The number of hydrogen-bond donors (Lipinski definition) is 2. The van der Waals surface area contributed by atoms with Gasteiger partial charge in [0.05, 0.1) is 16.4 Å². The van der Waals surface area contributed by atoms with Crippen LogP contribution in [0.4, 0.5) is 11.4 Å². The molecule has 0 saturated carbocycles. The summed E-state index contributed by atoms with van der Waals surface area (Å²) >= 11 is 1.40. The lowest BCUT2D eigenvalue weighted by molar-refractivity contribution is 0.102. The van der Waals surface area contributed by atoms with E-state index >= 15 is 0 Å². The number of aromatic nitrogens is 1. The van der Waals surface area contributed by atoms with Crippen LogP contribution in [0.5, 0.6) is 0 Å². The molecule has 1 aliphatic heterocycles. The molecule has 1 aromatic carbocycles. The number of anilines is 2. The second kappa shape index (κ2) is 8.34. The van der Waals surface area contributed by atoms with E-state index in [1.165, 1.54) is 15.6 Å². The van der Waals surface area contributed by atoms with Crippen molar-refractivity contribution in [2.24, 2.45) is 5.73 Å². The van der Waals surface area contributed by atoms with Crippen LogP contribution < -0.4 is 15.4 Å². The Labute approximate surface area is 163 Å². The molecule has 1 aromatic heterocycles. The molecular formula is C16H21ClN4O3S2. The fourth-order valence-corrected chi connectivity index (χ4v) is 5.13. The summed E-state index contributed by atoms with van der Waals surface area (Å²) in [6.07, 6.45) is 1.25. The molecule has 2 heterocycles. The molecular weight excluding hydrogens is 396 g/mol. The Morgan fingerprint density at radius 2 is 2.19 bits per heavy atom. The van der Waals surface area contributed by atoms with E-state index in [0.717, 1.165) is 10.6 Å². The first-order valence-corrected chi connectivity index (χ1v) is 10.5. The van der Waals surface area contributed by atoms with E-state index in [0.29, 0.717) is 43.0 Å². The Morgan fingerprint density at radius 3 is 2.85 bits per heavy atom. The summed E-state index contributed by atoms with van der Waals surface area (Å²) in [6, 6.07) is 5.26. The Morgan fingerprint density at radius 1 is 1.42 bits per heavy atom. The Kier molecular flexibility index (Phi) is 6.62. The monoisotopic (exact) mass is 416 g/mol. The van der Waals surface area contributed by atoms with Crippen LogP contribution in [0.15, 0.2) is 23.6 Å². The molecule has 0 radical (unpaired) electrons. The number of benzene rings is 1. The number of carbonyl (C=O) groups is 1. The average molecular weight is 417 g/mol. The highest BCUT2D eigenvalue weighted by atomic mass is 35.5. The molecule has 2 aromatic rings. The number of hydrogen-bond acceptors (Lipinski definition) is 6. The van der Waals surface area contributed by atoms with Gasteiger partial charge in [-0.1, -0.05) is 6.07 Å². The van der Waals surface area contributed by atoms with Gasteiger partial charge in [0.15, 0.2) is 0 Å². The fraction of sp³-hybridized carbons (Fsp3) is 0.375. The number of sulfonamides is 1. The number of nitrogens with zero attached hydrogens (tertiary/aromatic N) is 2. The van der Waals surface area contributed by atoms with E-state index in [4.69, 9.17) is 5.73 Å². The Hall–Kier alpha value is -1.68. The largest absolute Gasteiger partial charge is 0.330 e. The molecule has 0 spiro atoms. The molecule has 0 aliphatic carbocycles. The van der Waals surface area contributed by atoms with Crippen molar-refractivity contribution in [3.8, 4) is 0 Å². The lowest BCUT2D eigenvalue weighted by atomic mass is 10.1. The maximum absolute atomic E-state index is 12.3.